The summed E-state index contributed by atoms with van der Waals surface area (Å²) in [6.07, 6.45) is 0. The Kier molecular flexibility index (Phi) is 7.29. The fourth-order valence-corrected chi connectivity index (χ4v) is 3.98. The number of rotatable bonds is 8. The first-order valence-electron chi connectivity index (χ1n) is 8.42. The molecule has 0 fully saturated rings. The fraction of sp³-hybridized carbons (Fsp3) is 0.316. The molecule has 0 spiro atoms. The number of methoxy groups -OCH3 is 2. The van der Waals surface area contributed by atoms with Crippen molar-refractivity contribution in [2.75, 3.05) is 27.8 Å². The van der Waals surface area contributed by atoms with Crippen molar-refractivity contribution in [3.63, 3.8) is 0 Å². The van der Waals surface area contributed by atoms with E-state index in [1.54, 1.807) is 37.3 Å². The smallest absolute Gasteiger partial charge is 0.247 e. The van der Waals surface area contributed by atoms with Crippen LogP contribution in [0.1, 0.15) is 18.5 Å². The first kappa shape index (κ1) is 22.0. The van der Waals surface area contributed by atoms with E-state index in [2.05, 4.69) is 5.32 Å². The van der Waals surface area contributed by atoms with Crippen LogP contribution < -0.4 is 14.8 Å². The van der Waals surface area contributed by atoms with Gasteiger partial charge in [0.15, 0.2) is 0 Å². The summed E-state index contributed by atoms with van der Waals surface area (Å²) < 4.78 is 37.0. The van der Waals surface area contributed by atoms with Gasteiger partial charge in [-0.25, -0.2) is 8.42 Å². The summed E-state index contributed by atoms with van der Waals surface area (Å²) in [5.74, 6) is 0.103. The Bertz CT molecular complexity index is 932. The van der Waals surface area contributed by atoms with Crippen molar-refractivity contribution < 1.29 is 22.7 Å². The van der Waals surface area contributed by atoms with Gasteiger partial charge in [0, 0.05) is 18.1 Å². The maximum absolute atomic E-state index is 12.9. The summed E-state index contributed by atoms with van der Waals surface area (Å²) in [5.41, 5.74) is 0.859. The maximum Gasteiger partial charge on any atom is 0.247 e. The molecule has 2 aromatic carbocycles. The van der Waals surface area contributed by atoms with E-state index in [4.69, 9.17) is 21.1 Å². The first-order valence-corrected chi connectivity index (χ1v) is 10.2. The quantitative estimate of drug-likeness (QED) is 0.701. The van der Waals surface area contributed by atoms with Crippen LogP contribution in [0.3, 0.4) is 0 Å². The number of carbonyl (C=O) groups is 1. The standard InChI is InChI=1S/C19H23ClN2O5S/c1-13(14-5-7-15(20)8-6-14)21-19(23)12-22(2)28(24,25)18-11-16(26-3)9-10-17(18)27-4/h5-11,13H,12H2,1-4H3,(H,21,23). The Morgan fingerprint density at radius 1 is 1.14 bits per heavy atom. The zero-order valence-corrected chi connectivity index (χ0v) is 17.7. The van der Waals surface area contributed by atoms with Crippen LogP contribution in [0.2, 0.25) is 5.02 Å². The highest BCUT2D eigenvalue weighted by Crippen LogP contribution is 2.30. The molecular weight excluding hydrogens is 404 g/mol. The number of amides is 1. The van der Waals surface area contributed by atoms with Crippen molar-refractivity contribution in [1.82, 2.24) is 9.62 Å². The second-order valence-corrected chi connectivity index (χ2v) is 8.57. The minimum atomic E-state index is -3.97. The minimum absolute atomic E-state index is 0.0737. The van der Waals surface area contributed by atoms with Crippen LogP contribution >= 0.6 is 11.6 Å². The van der Waals surface area contributed by atoms with Gasteiger partial charge in [0.1, 0.15) is 16.4 Å². The zero-order valence-electron chi connectivity index (χ0n) is 16.1. The number of halogens is 1. The summed E-state index contributed by atoms with van der Waals surface area (Å²) >= 11 is 5.87. The highest BCUT2D eigenvalue weighted by molar-refractivity contribution is 7.89. The van der Waals surface area contributed by atoms with Gasteiger partial charge >= 0.3 is 0 Å². The third kappa shape index (κ3) is 5.15. The predicted octanol–water partition coefficient (Wildman–Crippen LogP) is 2.86. The maximum atomic E-state index is 12.9. The highest BCUT2D eigenvalue weighted by atomic mass is 35.5. The molecule has 2 aromatic rings. The minimum Gasteiger partial charge on any atom is -0.497 e. The number of benzene rings is 2. The molecule has 7 nitrogen and oxygen atoms in total. The molecule has 0 saturated heterocycles. The SMILES string of the molecule is COc1ccc(OC)c(S(=O)(=O)N(C)CC(=O)NC(C)c2ccc(Cl)cc2)c1. The molecule has 1 N–H and O–H groups in total. The topological polar surface area (TPSA) is 84.9 Å². The molecule has 0 bridgehead atoms. The van der Waals surface area contributed by atoms with E-state index in [1.165, 1.54) is 33.4 Å². The van der Waals surface area contributed by atoms with Gasteiger partial charge in [-0.1, -0.05) is 23.7 Å². The lowest BCUT2D eigenvalue weighted by Gasteiger charge is -2.20. The average molecular weight is 427 g/mol. The Labute approximate surface area is 170 Å². The Morgan fingerprint density at radius 3 is 2.36 bits per heavy atom. The van der Waals surface area contributed by atoms with Crippen LogP contribution in [-0.4, -0.2) is 46.4 Å². The van der Waals surface area contributed by atoms with Gasteiger partial charge in [0.25, 0.3) is 0 Å². The molecule has 0 heterocycles. The number of sulfonamides is 1. The molecule has 0 aliphatic heterocycles. The van der Waals surface area contributed by atoms with Crippen LogP contribution in [0.5, 0.6) is 11.5 Å². The number of hydrogen-bond acceptors (Lipinski definition) is 5. The number of carbonyl (C=O) groups excluding carboxylic acids is 1. The molecule has 28 heavy (non-hydrogen) atoms. The lowest BCUT2D eigenvalue weighted by molar-refractivity contribution is -0.121. The molecule has 1 unspecified atom stereocenters. The fourth-order valence-electron chi connectivity index (χ4n) is 2.56. The summed E-state index contributed by atoms with van der Waals surface area (Å²) in [4.78, 5) is 12.3. The molecule has 0 saturated carbocycles. The lowest BCUT2D eigenvalue weighted by Crippen LogP contribution is -2.39. The van der Waals surface area contributed by atoms with Gasteiger partial charge < -0.3 is 14.8 Å². The van der Waals surface area contributed by atoms with Gasteiger partial charge in [-0.3, -0.25) is 4.79 Å². The predicted molar refractivity (Wildman–Crippen MR) is 107 cm³/mol. The molecule has 9 heteroatoms. The Hall–Kier alpha value is -2.29. The summed E-state index contributed by atoms with van der Waals surface area (Å²) in [6.45, 7) is 1.46. The second-order valence-electron chi connectivity index (χ2n) is 6.12. The molecule has 0 radical (unpaired) electrons. The number of likely N-dealkylation sites (N-methyl/N-ethyl adjacent to an activating group) is 1. The van der Waals surface area contributed by atoms with Gasteiger partial charge in [0.05, 0.1) is 26.8 Å². The van der Waals surface area contributed by atoms with Crippen molar-refractivity contribution in [1.29, 1.82) is 0 Å². The van der Waals surface area contributed by atoms with E-state index < -0.39 is 15.9 Å². The van der Waals surface area contributed by atoms with E-state index in [9.17, 15) is 13.2 Å². The van der Waals surface area contributed by atoms with E-state index >= 15 is 0 Å². The Balaban J connectivity index is 2.13. The monoisotopic (exact) mass is 426 g/mol. The van der Waals surface area contributed by atoms with E-state index in [0.717, 1.165) is 9.87 Å². The van der Waals surface area contributed by atoms with Gasteiger partial charge in [-0.15, -0.1) is 0 Å². The third-order valence-corrected chi connectivity index (χ3v) is 6.25. The second kappa shape index (κ2) is 9.27. The van der Waals surface area contributed by atoms with Gasteiger partial charge in [0.2, 0.25) is 15.9 Å². The number of nitrogens with zero attached hydrogens (tertiary/aromatic N) is 1. The van der Waals surface area contributed by atoms with Crippen LogP contribution in [-0.2, 0) is 14.8 Å². The normalized spacial score (nSPS) is 12.5. The summed E-state index contributed by atoms with van der Waals surface area (Å²) in [6, 6.07) is 11.2. The van der Waals surface area contributed by atoms with Crippen LogP contribution in [0.4, 0.5) is 0 Å². The number of ether oxygens (including phenoxy) is 2. The van der Waals surface area contributed by atoms with E-state index in [1.807, 2.05) is 0 Å². The van der Waals surface area contributed by atoms with Crippen LogP contribution in [0.25, 0.3) is 0 Å². The molecule has 1 amide bonds. The molecule has 152 valence electrons. The van der Waals surface area contributed by atoms with Crippen molar-refractivity contribution in [3.05, 3.63) is 53.1 Å². The number of hydrogen-bond donors (Lipinski definition) is 1. The Morgan fingerprint density at radius 2 is 1.79 bits per heavy atom. The lowest BCUT2D eigenvalue weighted by atomic mass is 10.1. The number of nitrogens with one attached hydrogen (secondary N) is 1. The first-order chi connectivity index (χ1) is 13.2. The summed E-state index contributed by atoms with van der Waals surface area (Å²) in [5, 5.41) is 3.37. The van der Waals surface area contributed by atoms with E-state index in [0.29, 0.717) is 10.8 Å². The van der Waals surface area contributed by atoms with Crippen molar-refractivity contribution in [2.24, 2.45) is 0 Å². The third-order valence-electron chi connectivity index (χ3n) is 4.17. The zero-order chi connectivity index (χ0) is 20.9. The van der Waals surface area contributed by atoms with E-state index in [-0.39, 0.29) is 23.2 Å². The van der Waals surface area contributed by atoms with Crippen molar-refractivity contribution in [2.45, 2.75) is 17.9 Å². The molecule has 0 aliphatic carbocycles. The largest absolute Gasteiger partial charge is 0.497 e. The molecule has 0 aromatic heterocycles. The average Bonchev–Trinajstić information content (AvgIpc) is 2.67. The van der Waals surface area contributed by atoms with Crippen molar-refractivity contribution in [3.8, 4) is 11.5 Å². The van der Waals surface area contributed by atoms with Gasteiger partial charge in [-0.05, 0) is 36.8 Å². The molecule has 1 atom stereocenters. The van der Waals surface area contributed by atoms with Gasteiger partial charge in [-0.2, -0.15) is 4.31 Å². The molecule has 0 aliphatic rings. The highest BCUT2D eigenvalue weighted by Gasteiger charge is 2.27. The molecule has 2 rings (SSSR count). The van der Waals surface area contributed by atoms with Crippen molar-refractivity contribution >= 4 is 27.5 Å². The van der Waals surface area contributed by atoms with Crippen LogP contribution in [0, 0.1) is 0 Å². The summed E-state index contributed by atoms with van der Waals surface area (Å²) in [7, 11) is 0.183. The van der Waals surface area contributed by atoms with Crippen LogP contribution in [0.15, 0.2) is 47.4 Å². The molecular formula is C19H23ClN2O5S.